The first-order valence-corrected chi connectivity index (χ1v) is 14.1. The zero-order chi connectivity index (χ0) is 28.5. The smallest absolute Gasteiger partial charge is 0.325 e. The minimum atomic E-state index is -3.98. The van der Waals surface area contributed by atoms with E-state index in [9.17, 15) is 22.4 Å². The molecule has 12 heteroatoms. The molecule has 0 aliphatic heterocycles. The molecule has 1 amide bonds. The lowest BCUT2D eigenvalue weighted by Gasteiger charge is -2.36. The van der Waals surface area contributed by atoms with Crippen LogP contribution in [0, 0.1) is 5.82 Å². The Balaban J connectivity index is 1.73. The number of carbonyl (C=O) groups is 2. The molecule has 0 fully saturated rings. The van der Waals surface area contributed by atoms with Crippen LogP contribution in [0.5, 0.6) is 0 Å². The highest BCUT2D eigenvalue weighted by Gasteiger charge is 2.25. The Kier molecular flexibility index (Phi) is 8.10. The second-order valence-electron chi connectivity index (χ2n) is 8.89. The van der Waals surface area contributed by atoms with Crippen molar-refractivity contribution in [3.05, 3.63) is 112 Å². The van der Waals surface area contributed by atoms with Crippen molar-refractivity contribution in [2.24, 2.45) is 0 Å². The van der Waals surface area contributed by atoms with Crippen LogP contribution in [-0.4, -0.2) is 42.3 Å². The summed E-state index contributed by atoms with van der Waals surface area (Å²) in [4.78, 5) is 23.6. The second kappa shape index (κ2) is 11.2. The maximum absolute atomic E-state index is 14.6. The molecule has 0 spiro atoms. The number of aromatic nitrogens is 1. The van der Waals surface area contributed by atoms with Gasteiger partial charge < -0.3 is 15.0 Å². The van der Waals surface area contributed by atoms with Crippen LogP contribution in [-0.2, 0) is 14.8 Å². The Morgan fingerprint density at radius 3 is 1.97 bits per heavy atom. The number of hydrogen-bond donors (Lipinski definition) is 2. The van der Waals surface area contributed by atoms with Crippen molar-refractivity contribution in [1.82, 2.24) is 9.88 Å². The summed E-state index contributed by atoms with van der Waals surface area (Å²) in [7, 11) is -3.98. The Morgan fingerprint density at radius 2 is 1.51 bits per heavy atom. The molecule has 0 saturated carbocycles. The van der Waals surface area contributed by atoms with Crippen LogP contribution in [0.1, 0.15) is 34.5 Å². The monoisotopic (exact) mass is 590 g/mol. The van der Waals surface area contributed by atoms with Gasteiger partial charge in [-0.2, -0.15) is 0 Å². The number of nitrogens with one attached hydrogen (secondary N) is 1. The van der Waals surface area contributed by atoms with Gasteiger partial charge in [0.1, 0.15) is 11.9 Å². The SMILES string of the molecule is C[C@H](NC(=O)c1cc(F)cc(N(c2cn(C(c3ccc(Cl)cc3)c3ccc(Cl)cc3)[cH-]2)S(C)(=O)=O)c1)C(=O)O. The van der Waals surface area contributed by atoms with Gasteiger partial charge in [-0.05, 0) is 66.2 Å². The lowest BCUT2D eigenvalue weighted by molar-refractivity contribution is -0.138. The van der Waals surface area contributed by atoms with Gasteiger partial charge in [-0.25, -0.2) is 12.8 Å². The predicted octanol–water partition coefficient (Wildman–Crippen LogP) is 5.59. The summed E-state index contributed by atoms with van der Waals surface area (Å²) in [6.07, 6.45) is 4.13. The first-order chi connectivity index (χ1) is 18.3. The third-order valence-electron chi connectivity index (χ3n) is 5.90. The average Bonchev–Trinajstić information content (AvgIpc) is 2.83. The molecule has 0 radical (unpaired) electrons. The van der Waals surface area contributed by atoms with E-state index in [0.29, 0.717) is 10.0 Å². The summed E-state index contributed by atoms with van der Waals surface area (Å²) in [6, 6.07) is 15.9. The van der Waals surface area contributed by atoms with Gasteiger partial charge in [-0.1, -0.05) is 59.9 Å². The molecule has 3 aromatic carbocycles. The van der Waals surface area contributed by atoms with Gasteiger partial charge in [0, 0.05) is 15.6 Å². The zero-order valence-electron chi connectivity index (χ0n) is 20.7. The number of amides is 1. The van der Waals surface area contributed by atoms with Crippen LogP contribution in [0.25, 0.3) is 0 Å². The summed E-state index contributed by atoms with van der Waals surface area (Å²) in [6.45, 7) is 1.25. The van der Waals surface area contributed by atoms with E-state index in [1.807, 2.05) is 24.3 Å². The number of benzene rings is 3. The average molecular weight is 591 g/mol. The van der Waals surface area contributed by atoms with Crippen LogP contribution < -0.4 is 9.62 Å². The largest absolute Gasteiger partial charge is 0.480 e. The molecule has 2 N–H and O–H groups in total. The van der Waals surface area contributed by atoms with Crippen molar-refractivity contribution < 1.29 is 27.5 Å². The predicted molar refractivity (Wildman–Crippen MR) is 148 cm³/mol. The van der Waals surface area contributed by atoms with Crippen LogP contribution in [0.2, 0.25) is 10.0 Å². The normalized spacial score (nSPS) is 12.4. The highest BCUT2D eigenvalue weighted by atomic mass is 35.5. The number of carboxylic acids is 1. The third-order valence-corrected chi connectivity index (χ3v) is 7.48. The molecular formula is C27H23Cl2FN3O5S-. The molecule has 0 saturated heterocycles. The molecular weight excluding hydrogens is 568 g/mol. The fourth-order valence-corrected chi connectivity index (χ4v) is 5.29. The number of sulfonamides is 1. The van der Waals surface area contributed by atoms with Crippen molar-refractivity contribution in [3.63, 3.8) is 0 Å². The fraction of sp³-hybridized carbons (Fsp3) is 0.148. The van der Waals surface area contributed by atoms with E-state index in [1.54, 1.807) is 41.2 Å². The third kappa shape index (κ3) is 6.47. The molecule has 1 heterocycles. The number of carbonyl (C=O) groups excluding carboxylic acids is 1. The highest BCUT2D eigenvalue weighted by Crippen LogP contribution is 2.37. The van der Waals surface area contributed by atoms with Crippen molar-refractivity contribution in [3.8, 4) is 0 Å². The summed E-state index contributed by atoms with van der Waals surface area (Å²) >= 11 is 12.1. The molecule has 0 aliphatic rings. The van der Waals surface area contributed by atoms with E-state index in [-0.39, 0.29) is 23.0 Å². The zero-order valence-corrected chi connectivity index (χ0v) is 23.0. The molecule has 0 bridgehead atoms. The number of nitrogens with zero attached hydrogens (tertiary/aromatic N) is 2. The molecule has 204 valence electrons. The number of anilines is 2. The van der Waals surface area contributed by atoms with Gasteiger partial charge in [0.25, 0.3) is 5.91 Å². The van der Waals surface area contributed by atoms with Gasteiger partial charge in [0.2, 0.25) is 10.0 Å². The van der Waals surface area contributed by atoms with Gasteiger partial charge in [0.15, 0.2) is 0 Å². The minimum absolute atomic E-state index is 0.123. The number of aliphatic carboxylic acids is 1. The maximum Gasteiger partial charge on any atom is 0.325 e. The van der Waals surface area contributed by atoms with Crippen LogP contribution in [0.4, 0.5) is 15.8 Å². The highest BCUT2D eigenvalue weighted by molar-refractivity contribution is 7.92. The number of halogens is 3. The Labute approximate surface area is 234 Å². The van der Waals surface area contributed by atoms with E-state index in [1.165, 1.54) is 13.0 Å². The van der Waals surface area contributed by atoms with E-state index in [2.05, 4.69) is 5.32 Å². The fourth-order valence-electron chi connectivity index (χ4n) is 4.07. The molecule has 1 atom stereocenters. The summed E-state index contributed by atoms with van der Waals surface area (Å²) in [5.74, 6) is -3.01. The topological polar surface area (TPSA) is 109 Å². The van der Waals surface area contributed by atoms with E-state index in [4.69, 9.17) is 28.3 Å². The van der Waals surface area contributed by atoms with Gasteiger partial charge in [-0.3, -0.25) is 13.9 Å². The van der Waals surface area contributed by atoms with Crippen LogP contribution in [0.3, 0.4) is 0 Å². The molecule has 4 aromatic rings. The Morgan fingerprint density at radius 1 is 1.00 bits per heavy atom. The van der Waals surface area contributed by atoms with Crippen molar-refractivity contribution >= 4 is 56.5 Å². The Bertz CT molecular complexity index is 1560. The maximum atomic E-state index is 14.6. The standard InChI is InChI=1S/C27H23Cl2FN3O5S/c1-16(27(35)36)31-26(34)19-11-22(30)13-23(12-19)33(39(2,37)38)24-14-32(15-24)25(17-3-7-20(28)8-4-17)18-5-9-21(29)10-6-18/h3-16,25H,1-2H3,(H,31,34)(H,35,36)/q-1/t16-/m0/s1. The van der Waals surface area contributed by atoms with E-state index < -0.39 is 33.8 Å². The van der Waals surface area contributed by atoms with Gasteiger partial charge >= 0.3 is 5.97 Å². The van der Waals surface area contributed by atoms with E-state index in [0.717, 1.165) is 33.8 Å². The number of rotatable bonds is 9. The van der Waals surface area contributed by atoms with Crippen LogP contribution in [0.15, 0.2) is 79.1 Å². The van der Waals surface area contributed by atoms with Gasteiger partial charge in [-0.15, -0.1) is 0 Å². The minimum Gasteiger partial charge on any atom is -0.480 e. The quantitative estimate of drug-likeness (QED) is 0.247. The molecule has 8 nitrogen and oxygen atoms in total. The summed E-state index contributed by atoms with van der Waals surface area (Å²) in [5, 5.41) is 12.4. The molecule has 0 aliphatic carbocycles. The van der Waals surface area contributed by atoms with Crippen molar-refractivity contribution in [2.75, 3.05) is 10.6 Å². The molecule has 1 aromatic heterocycles. The van der Waals surface area contributed by atoms with Crippen LogP contribution >= 0.6 is 23.2 Å². The van der Waals surface area contributed by atoms with Crippen molar-refractivity contribution in [2.45, 2.75) is 19.0 Å². The lowest BCUT2D eigenvalue weighted by atomic mass is 9.98. The molecule has 39 heavy (non-hydrogen) atoms. The lowest BCUT2D eigenvalue weighted by Crippen LogP contribution is -2.38. The number of hydrogen-bond acceptors (Lipinski definition) is 4. The van der Waals surface area contributed by atoms with Gasteiger partial charge in [0.05, 0.1) is 18.0 Å². The van der Waals surface area contributed by atoms with E-state index >= 15 is 0 Å². The second-order valence-corrected chi connectivity index (χ2v) is 11.6. The summed E-state index contributed by atoms with van der Waals surface area (Å²) in [5.41, 5.74) is 1.61. The first kappa shape index (κ1) is 28.3. The molecule has 0 unspecified atom stereocenters. The Hall–Kier alpha value is -3.73. The first-order valence-electron chi connectivity index (χ1n) is 11.5. The molecule has 4 rings (SSSR count). The van der Waals surface area contributed by atoms with Crippen molar-refractivity contribution in [1.29, 1.82) is 0 Å². The summed E-state index contributed by atoms with van der Waals surface area (Å²) < 4.78 is 42.9. The number of carboxylic acid groups (broad SMARTS) is 1.